The summed E-state index contributed by atoms with van der Waals surface area (Å²) in [6.07, 6.45) is 1.93. The van der Waals surface area contributed by atoms with E-state index in [0.29, 0.717) is 0 Å². The van der Waals surface area contributed by atoms with Crippen LogP contribution in [0.2, 0.25) is 0 Å². The first-order valence-corrected chi connectivity index (χ1v) is 5.42. The summed E-state index contributed by atoms with van der Waals surface area (Å²) in [6, 6.07) is 0. The lowest BCUT2D eigenvalue weighted by molar-refractivity contribution is -0.176. The van der Waals surface area contributed by atoms with E-state index < -0.39 is 18.2 Å². The summed E-state index contributed by atoms with van der Waals surface area (Å²) < 4.78 is 15.2. The number of carboxylic acids is 1. The van der Waals surface area contributed by atoms with Crippen molar-refractivity contribution < 1.29 is 28.9 Å². The third-order valence-electron chi connectivity index (χ3n) is 1.72. The molecule has 0 aliphatic carbocycles. The summed E-state index contributed by atoms with van der Waals surface area (Å²) in [4.78, 5) is 21.4. The minimum atomic E-state index is -1.05. The van der Waals surface area contributed by atoms with Gasteiger partial charge in [-0.3, -0.25) is 9.59 Å². The lowest BCUT2D eigenvalue weighted by atomic mass is 10.3. The SMILES string of the molecule is C=CCOC(COC(=O)CCC(=O)O)OCC=C. The molecule has 0 aromatic carbocycles. The Morgan fingerprint density at radius 2 is 1.67 bits per heavy atom. The molecule has 0 aliphatic rings. The van der Waals surface area contributed by atoms with Crippen LogP contribution in [0, 0.1) is 0 Å². The van der Waals surface area contributed by atoms with Gasteiger partial charge in [-0.25, -0.2) is 0 Å². The smallest absolute Gasteiger partial charge is 0.306 e. The highest BCUT2D eigenvalue weighted by Crippen LogP contribution is 2.00. The van der Waals surface area contributed by atoms with E-state index in [9.17, 15) is 9.59 Å². The van der Waals surface area contributed by atoms with Crippen LogP contribution < -0.4 is 0 Å². The minimum Gasteiger partial charge on any atom is -0.481 e. The third kappa shape index (κ3) is 9.56. The van der Waals surface area contributed by atoms with Gasteiger partial charge in [0, 0.05) is 0 Å². The Kier molecular flexibility index (Phi) is 9.52. The molecule has 0 atom stereocenters. The molecule has 0 heterocycles. The van der Waals surface area contributed by atoms with E-state index in [-0.39, 0.29) is 32.7 Å². The molecule has 0 unspecified atom stereocenters. The Morgan fingerprint density at radius 3 is 2.11 bits per heavy atom. The predicted molar refractivity (Wildman–Crippen MR) is 63.9 cm³/mol. The maximum absolute atomic E-state index is 11.2. The van der Waals surface area contributed by atoms with Gasteiger partial charge in [-0.05, 0) is 0 Å². The molecule has 0 radical (unpaired) electrons. The largest absolute Gasteiger partial charge is 0.481 e. The Balaban J connectivity index is 3.91. The van der Waals surface area contributed by atoms with Crippen molar-refractivity contribution in [2.75, 3.05) is 19.8 Å². The highest BCUT2D eigenvalue weighted by molar-refractivity contribution is 5.76. The zero-order chi connectivity index (χ0) is 13.8. The molecule has 6 nitrogen and oxygen atoms in total. The van der Waals surface area contributed by atoms with Crippen molar-refractivity contribution in [2.24, 2.45) is 0 Å². The molecule has 6 heteroatoms. The van der Waals surface area contributed by atoms with Gasteiger partial charge in [0.25, 0.3) is 0 Å². The molecule has 0 rings (SSSR count). The maximum atomic E-state index is 11.2. The molecule has 1 N–H and O–H groups in total. The predicted octanol–water partition coefficient (Wildman–Crippen LogP) is 1.13. The molecule has 0 saturated carbocycles. The second-order valence-corrected chi connectivity index (χ2v) is 3.25. The fourth-order valence-corrected chi connectivity index (χ4v) is 0.937. The molecular formula is C12H18O6. The molecule has 18 heavy (non-hydrogen) atoms. The summed E-state index contributed by atoms with van der Waals surface area (Å²) in [7, 11) is 0. The number of hydrogen-bond donors (Lipinski definition) is 1. The fourth-order valence-electron chi connectivity index (χ4n) is 0.937. The topological polar surface area (TPSA) is 82.1 Å². The van der Waals surface area contributed by atoms with Crippen molar-refractivity contribution in [3.8, 4) is 0 Å². The average Bonchev–Trinajstić information content (AvgIpc) is 2.35. The Hall–Kier alpha value is -1.66. The van der Waals surface area contributed by atoms with Crippen LogP contribution in [0.4, 0.5) is 0 Å². The molecule has 0 spiro atoms. The van der Waals surface area contributed by atoms with Crippen molar-refractivity contribution in [2.45, 2.75) is 19.1 Å². The van der Waals surface area contributed by atoms with Gasteiger partial charge in [-0.1, -0.05) is 12.2 Å². The van der Waals surface area contributed by atoms with Gasteiger partial charge in [0.2, 0.25) is 0 Å². The second-order valence-electron chi connectivity index (χ2n) is 3.25. The number of carbonyl (C=O) groups excluding carboxylic acids is 1. The van der Waals surface area contributed by atoms with Gasteiger partial charge < -0.3 is 19.3 Å². The molecular weight excluding hydrogens is 240 g/mol. The lowest BCUT2D eigenvalue weighted by Crippen LogP contribution is -2.25. The van der Waals surface area contributed by atoms with Crippen LogP contribution in [-0.4, -0.2) is 43.2 Å². The molecule has 0 amide bonds. The summed E-state index contributed by atoms with van der Waals surface area (Å²) in [5.74, 6) is -1.65. The van der Waals surface area contributed by atoms with Gasteiger partial charge in [-0.2, -0.15) is 0 Å². The Bertz CT molecular complexity index is 274. The molecule has 0 bridgehead atoms. The lowest BCUT2D eigenvalue weighted by Gasteiger charge is -2.16. The van der Waals surface area contributed by atoms with E-state index in [2.05, 4.69) is 13.2 Å². The minimum absolute atomic E-state index is 0.0971. The number of carbonyl (C=O) groups is 2. The highest BCUT2D eigenvalue weighted by Gasteiger charge is 2.13. The van der Waals surface area contributed by atoms with Gasteiger partial charge >= 0.3 is 11.9 Å². The van der Waals surface area contributed by atoms with Gasteiger partial charge in [-0.15, -0.1) is 13.2 Å². The van der Waals surface area contributed by atoms with E-state index in [1.807, 2.05) is 0 Å². The van der Waals surface area contributed by atoms with Crippen molar-refractivity contribution >= 4 is 11.9 Å². The van der Waals surface area contributed by atoms with Crippen LogP contribution in [-0.2, 0) is 23.8 Å². The fraction of sp³-hybridized carbons (Fsp3) is 0.500. The zero-order valence-electron chi connectivity index (χ0n) is 10.2. The number of esters is 1. The summed E-state index contributed by atoms with van der Waals surface area (Å²) in [5, 5.41) is 8.39. The van der Waals surface area contributed by atoms with Crippen LogP contribution in [0.3, 0.4) is 0 Å². The van der Waals surface area contributed by atoms with Crippen LogP contribution >= 0.6 is 0 Å². The summed E-state index contributed by atoms with van der Waals surface area (Å²) >= 11 is 0. The van der Waals surface area contributed by atoms with E-state index in [1.165, 1.54) is 12.2 Å². The van der Waals surface area contributed by atoms with Crippen molar-refractivity contribution in [3.63, 3.8) is 0 Å². The summed E-state index contributed by atoms with van der Waals surface area (Å²) in [5.41, 5.74) is 0. The Morgan fingerprint density at radius 1 is 1.11 bits per heavy atom. The second kappa shape index (κ2) is 10.5. The quantitative estimate of drug-likeness (QED) is 0.340. The molecule has 0 aromatic rings. The Labute approximate surface area is 106 Å². The normalized spacial score (nSPS) is 10.1. The van der Waals surface area contributed by atoms with Gasteiger partial charge in [0.1, 0.15) is 6.61 Å². The first kappa shape index (κ1) is 16.3. The number of aliphatic carboxylic acids is 1. The number of hydrogen-bond acceptors (Lipinski definition) is 5. The van der Waals surface area contributed by atoms with E-state index in [1.54, 1.807) is 0 Å². The monoisotopic (exact) mass is 258 g/mol. The highest BCUT2D eigenvalue weighted by atomic mass is 16.7. The van der Waals surface area contributed by atoms with Crippen molar-refractivity contribution in [3.05, 3.63) is 25.3 Å². The summed E-state index contributed by atoms with van der Waals surface area (Å²) in [6.45, 7) is 7.39. The molecule has 0 aliphatic heterocycles. The molecule has 0 aromatic heterocycles. The van der Waals surface area contributed by atoms with Gasteiger partial charge in [0.05, 0.1) is 26.1 Å². The average molecular weight is 258 g/mol. The van der Waals surface area contributed by atoms with E-state index in [0.717, 1.165) is 0 Å². The van der Waals surface area contributed by atoms with Crippen molar-refractivity contribution in [1.29, 1.82) is 0 Å². The van der Waals surface area contributed by atoms with Crippen molar-refractivity contribution in [1.82, 2.24) is 0 Å². The van der Waals surface area contributed by atoms with E-state index >= 15 is 0 Å². The first-order chi connectivity index (χ1) is 8.60. The standard InChI is InChI=1S/C12H18O6/c1-3-7-16-12(17-8-4-2)9-18-11(15)6-5-10(13)14/h3-4,12H,1-2,5-9H2,(H,13,14). The van der Waals surface area contributed by atoms with Gasteiger partial charge in [0.15, 0.2) is 6.29 Å². The van der Waals surface area contributed by atoms with Crippen LogP contribution in [0.15, 0.2) is 25.3 Å². The third-order valence-corrected chi connectivity index (χ3v) is 1.72. The maximum Gasteiger partial charge on any atom is 0.306 e. The zero-order valence-corrected chi connectivity index (χ0v) is 10.2. The molecule has 102 valence electrons. The number of rotatable bonds is 11. The van der Waals surface area contributed by atoms with Crippen LogP contribution in [0.25, 0.3) is 0 Å². The van der Waals surface area contributed by atoms with Crippen LogP contribution in [0.5, 0.6) is 0 Å². The number of ether oxygens (including phenoxy) is 3. The number of carboxylic acid groups (broad SMARTS) is 1. The molecule has 0 saturated heterocycles. The first-order valence-electron chi connectivity index (χ1n) is 5.42. The van der Waals surface area contributed by atoms with Crippen LogP contribution in [0.1, 0.15) is 12.8 Å². The molecule has 0 fully saturated rings. The van der Waals surface area contributed by atoms with E-state index in [4.69, 9.17) is 19.3 Å².